The number of amides is 1. The number of carbonyl (C=O) groups excluding carboxylic acids is 3. The molecular weight excluding hydrogens is 490 g/mol. The molecule has 38 heavy (non-hydrogen) atoms. The van der Waals surface area contributed by atoms with E-state index < -0.39 is 29.5 Å². The van der Waals surface area contributed by atoms with E-state index in [1.165, 1.54) is 38.4 Å². The lowest BCUT2D eigenvalue weighted by Crippen LogP contribution is -2.29. The van der Waals surface area contributed by atoms with Gasteiger partial charge in [0.05, 0.1) is 50.7 Å². The molecule has 196 valence electrons. The van der Waals surface area contributed by atoms with Crippen molar-refractivity contribution in [3.05, 3.63) is 89.0 Å². The first kappa shape index (κ1) is 26.3. The maximum absolute atomic E-state index is 13.5. The second kappa shape index (κ2) is 11.1. The summed E-state index contributed by atoms with van der Waals surface area (Å²) < 4.78 is 21.2. The minimum atomic E-state index is -1.04. The van der Waals surface area contributed by atoms with E-state index in [2.05, 4.69) is 0 Å². The molecule has 0 saturated carbocycles. The van der Waals surface area contributed by atoms with E-state index in [0.29, 0.717) is 17.1 Å². The van der Waals surface area contributed by atoms with Crippen LogP contribution in [-0.4, -0.2) is 50.7 Å². The third-order valence-corrected chi connectivity index (χ3v) is 6.15. The molecule has 1 aliphatic heterocycles. The zero-order valence-electron chi connectivity index (χ0n) is 21.4. The number of benzene rings is 3. The SMILES string of the molecule is CCOC(=O)c1cccc(N2C(=O)C(=O)/C(=C(/O)c3cc(OC)ccc3OC)C2c2cccc(OC)c2)c1. The van der Waals surface area contributed by atoms with E-state index in [-0.39, 0.29) is 34.7 Å². The fourth-order valence-corrected chi connectivity index (χ4v) is 4.37. The van der Waals surface area contributed by atoms with Crippen LogP contribution in [0.3, 0.4) is 0 Å². The Balaban J connectivity index is 1.97. The zero-order valence-corrected chi connectivity index (χ0v) is 21.4. The highest BCUT2D eigenvalue weighted by Crippen LogP contribution is 2.44. The number of ether oxygens (including phenoxy) is 4. The Bertz CT molecular complexity index is 1430. The first-order valence-corrected chi connectivity index (χ1v) is 11.8. The third kappa shape index (κ3) is 4.78. The number of carbonyl (C=O) groups is 3. The van der Waals surface area contributed by atoms with Crippen LogP contribution in [0.15, 0.2) is 72.3 Å². The predicted octanol–water partition coefficient (Wildman–Crippen LogP) is 4.52. The Hall–Kier alpha value is -4.79. The van der Waals surface area contributed by atoms with Crippen LogP contribution >= 0.6 is 0 Å². The van der Waals surface area contributed by atoms with Gasteiger partial charge in [-0.05, 0) is 61.0 Å². The van der Waals surface area contributed by atoms with E-state index in [0.717, 1.165) is 0 Å². The number of Topliss-reactive ketones (excluding diaryl/α,β-unsaturated/α-hetero) is 1. The van der Waals surface area contributed by atoms with E-state index >= 15 is 0 Å². The highest BCUT2D eigenvalue weighted by molar-refractivity contribution is 6.51. The molecule has 3 aromatic rings. The minimum Gasteiger partial charge on any atom is -0.507 e. The van der Waals surface area contributed by atoms with Crippen LogP contribution in [0.5, 0.6) is 17.2 Å². The normalized spacial score (nSPS) is 16.3. The topological polar surface area (TPSA) is 112 Å². The van der Waals surface area contributed by atoms with Crippen LogP contribution in [0.25, 0.3) is 5.76 Å². The Labute approximate surface area is 219 Å². The van der Waals surface area contributed by atoms with Crippen molar-refractivity contribution in [2.45, 2.75) is 13.0 Å². The summed E-state index contributed by atoms with van der Waals surface area (Å²) in [5.74, 6) is -1.58. The third-order valence-electron chi connectivity index (χ3n) is 6.15. The quantitative estimate of drug-likeness (QED) is 0.201. The standard InChI is InChI=1S/C29H27NO8/c1-5-38-29(34)18-9-6-10-19(14-18)30-25(17-8-7-11-20(15-17)35-2)24(27(32)28(30)33)26(31)22-16-21(36-3)12-13-23(22)37-4/h6-16,25,31H,5H2,1-4H3/b26-24+. The van der Waals surface area contributed by atoms with Crippen molar-refractivity contribution in [2.24, 2.45) is 0 Å². The monoisotopic (exact) mass is 517 g/mol. The average molecular weight is 518 g/mol. The van der Waals surface area contributed by atoms with Crippen LogP contribution in [0.2, 0.25) is 0 Å². The summed E-state index contributed by atoms with van der Waals surface area (Å²) in [5, 5.41) is 11.5. The summed E-state index contributed by atoms with van der Waals surface area (Å²) >= 11 is 0. The van der Waals surface area contributed by atoms with Gasteiger partial charge >= 0.3 is 5.97 Å². The minimum absolute atomic E-state index is 0.156. The number of nitrogens with zero attached hydrogens (tertiary/aromatic N) is 1. The van der Waals surface area contributed by atoms with Crippen molar-refractivity contribution in [3.63, 3.8) is 0 Å². The molecule has 1 saturated heterocycles. The molecule has 1 N–H and O–H groups in total. The molecule has 0 aromatic heterocycles. The summed E-state index contributed by atoms with van der Waals surface area (Å²) in [6, 6.07) is 16.8. The number of aliphatic hydroxyl groups excluding tert-OH is 1. The molecule has 9 nitrogen and oxygen atoms in total. The van der Waals surface area contributed by atoms with Gasteiger partial charge in [-0.1, -0.05) is 18.2 Å². The molecule has 1 aliphatic rings. The summed E-state index contributed by atoms with van der Waals surface area (Å²) in [4.78, 5) is 40.7. The van der Waals surface area contributed by atoms with E-state index in [1.807, 2.05) is 0 Å². The molecule has 1 atom stereocenters. The maximum atomic E-state index is 13.5. The van der Waals surface area contributed by atoms with Gasteiger partial charge in [0.2, 0.25) is 0 Å². The van der Waals surface area contributed by atoms with Crippen molar-refractivity contribution in [1.82, 2.24) is 0 Å². The lowest BCUT2D eigenvalue weighted by atomic mass is 9.94. The Morgan fingerprint density at radius 1 is 0.895 bits per heavy atom. The summed E-state index contributed by atoms with van der Waals surface area (Å²) in [6.45, 7) is 1.87. The Morgan fingerprint density at radius 2 is 1.61 bits per heavy atom. The Kier molecular flexibility index (Phi) is 7.66. The molecule has 0 spiro atoms. The van der Waals surface area contributed by atoms with Gasteiger partial charge in [0.25, 0.3) is 11.7 Å². The number of aliphatic hydroxyl groups is 1. The van der Waals surface area contributed by atoms with Crippen molar-refractivity contribution < 1.29 is 38.4 Å². The van der Waals surface area contributed by atoms with Crippen LogP contribution in [0.1, 0.15) is 34.5 Å². The molecule has 3 aromatic carbocycles. The molecule has 1 amide bonds. The summed E-state index contributed by atoms with van der Waals surface area (Å²) in [5.41, 5.74) is 1.02. The first-order valence-electron chi connectivity index (χ1n) is 11.8. The number of hydrogen-bond donors (Lipinski definition) is 1. The second-order valence-electron chi connectivity index (χ2n) is 8.28. The van der Waals surface area contributed by atoms with Gasteiger partial charge in [0.15, 0.2) is 0 Å². The number of methoxy groups -OCH3 is 3. The number of anilines is 1. The van der Waals surface area contributed by atoms with Gasteiger partial charge in [-0.2, -0.15) is 0 Å². The van der Waals surface area contributed by atoms with Crippen LogP contribution in [-0.2, 0) is 14.3 Å². The highest BCUT2D eigenvalue weighted by atomic mass is 16.5. The smallest absolute Gasteiger partial charge is 0.338 e. The van der Waals surface area contributed by atoms with Crippen LogP contribution in [0, 0.1) is 0 Å². The van der Waals surface area contributed by atoms with Crippen LogP contribution in [0.4, 0.5) is 5.69 Å². The fourth-order valence-electron chi connectivity index (χ4n) is 4.37. The molecule has 1 fully saturated rings. The lowest BCUT2D eigenvalue weighted by Gasteiger charge is -2.26. The van der Waals surface area contributed by atoms with Crippen molar-refractivity contribution in [3.8, 4) is 17.2 Å². The number of hydrogen-bond acceptors (Lipinski definition) is 8. The van der Waals surface area contributed by atoms with Crippen molar-refractivity contribution in [1.29, 1.82) is 0 Å². The highest BCUT2D eigenvalue weighted by Gasteiger charge is 2.47. The molecule has 4 rings (SSSR count). The van der Waals surface area contributed by atoms with Crippen molar-refractivity contribution in [2.75, 3.05) is 32.8 Å². The molecule has 1 unspecified atom stereocenters. The number of esters is 1. The van der Waals surface area contributed by atoms with E-state index in [9.17, 15) is 19.5 Å². The van der Waals surface area contributed by atoms with Gasteiger partial charge in [0.1, 0.15) is 23.0 Å². The second-order valence-corrected chi connectivity index (χ2v) is 8.28. The lowest BCUT2D eigenvalue weighted by molar-refractivity contribution is -0.132. The molecule has 0 aliphatic carbocycles. The zero-order chi connectivity index (χ0) is 27.4. The predicted molar refractivity (Wildman–Crippen MR) is 140 cm³/mol. The first-order chi connectivity index (χ1) is 18.3. The average Bonchev–Trinajstić information content (AvgIpc) is 3.22. The van der Waals surface area contributed by atoms with Gasteiger partial charge in [0, 0.05) is 5.69 Å². The number of ketones is 1. The molecule has 0 bridgehead atoms. The fraction of sp³-hybridized carbons (Fsp3) is 0.207. The van der Waals surface area contributed by atoms with E-state index in [4.69, 9.17) is 18.9 Å². The molecule has 1 heterocycles. The Morgan fingerprint density at radius 3 is 2.29 bits per heavy atom. The number of rotatable bonds is 8. The molecule has 9 heteroatoms. The summed E-state index contributed by atoms with van der Waals surface area (Å²) in [7, 11) is 4.40. The van der Waals surface area contributed by atoms with Gasteiger partial charge < -0.3 is 24.1 Å². The van der Waals surface area contributed by atoms with Crippen LogP contribution < -0.4 is 19.1 Å². The molecule has 0 radical (unpaired) electrons. The summed E-state index contributed by atoms with van der Waals surface area (Å²) in [6.07, 6.45) is 0. The maximum Gasteiger partial charge on any atom is 0.338 e. The van der Waals surface area contributed by atoms with Crippen molar-refractivity contribution >= 4 is 29.1 Å². The van der Waals surface area contributed by atoms with E-state index in [1.54, 1.807) is 61.5 Å². The van der Waals surface area contributed by atoms with Gasteiger partial charge in [-0.3, -0.25) is 14.5 Å². The largest absolute Gasteiger partial charge is 0.507 e. The molecular formula is C29H27NO8. The van der Waals surface area contributed by atoms with Gasteiger partial charge in [-0.25, -0.2) is 4.79 Å². The van der Waals surface area contributed by atoms with Gasteiger partial charge in [-0.15, -0.1) is 0 Å².